The number of nitrogens with zero attached hydrogens (tertiary/aromatic N) is 1. The van der Waals surface area contributed by atoms with Gasteiger partial charge in [-0.1, -0.05) is 6.07 Å². The van der Waals surface area contributed by atoms with E-state index in [4.69, 9.17) is 14.6 Å². The van der Waals surface area contributed by atoms with Gasteiger partial charge in [0.15, 0.2) is 11.5 Å². The number of amides is 1. The Morgan fingerprint density at radius 3 is 2.85 bits per heavy atom. The van der Waals surface area contributed by atoms with Gasteiger partial charge >= 0.3 is 5.97 Å². The van der Waals surface area contributed by atoms with E-state index in [1.54, 1.807) is 18.2 Å². The van der Waals surface area contributed by atoms with Crippen LogP contribution in [0, 0.1) is 0 Å². The Balaban J connectivity index is 1.93. The molecule has 20 heavy (non-hydrogen) atoms. The highest BCUT2D eigenvalue weighted by molar-refractivity contribution is 6.00. The van der Waals surface area contributed by atoms with E-state index in [0.29, 0.717) is 11.5 Å². The molecule has 0 aliphatic carbocycles. The van der Waals surface area contributed by atoms with E-state index in [9.17, 15) is 14.7 Å². The molecule has 0 saturated carbocycles. The number of carboxylic acid groups (broad SMARTS) is 1. The number of β-amino-alcohol motifs (C(OH)–C–C–N with tert-alkyl or cyclic N) is 1. The molecule has 0 spiro atoms. The molecular formula is C13H13NO6. The number of hydrogen-bond acceptors (Lipinski definition) is 5. The van der Waals surface area contributed by atoms with E-state index < -0.39 is 24.0 Å². The minimum atomic E-state index is -1.13. The summed E-state index contributed by atoms with van der Waals surface area (Å²) >= 11 is 0. The Labute approximate surface area is 114 Å². The molecule has 1 aromatic carbocycles. The van der Waals surface area contributed by atoms with Crippen molar-refractivity contribution >= 4 is 11.9 Å². The fourth-order valence-corrected chi connectivity index (χ4v) is 2.53. The summed E-state index contributed by atoms with van der Waals surface area (Å²) in [7, 11) is 0. The van der Waals surface area contributed by atoms with Crippen LogP contribution in [0.4, 0.5) is 0 Å². The lowest BCUT2D eigenvalue weighted by Gasteiger charge is -2.21. The average Bonchev–Trinajstić information content (AvgIpc) is 3.03. The lowest BCUT2D eigenvalue weighted by atomic mass is 10.1. The van der Waals surface area contributed by atoms with Crippen LogP contribution in [0.5, 0.6) is 11.5 Å². The minimum Gasteiger partial charge on any atom is -0.480 e. The first-order valence-corrected chi connectivity index (χ1v) is 6.18. The summed E-state index contributed by atoms with van der Waals surface area (Å²) in [6.45, 7) is 0.0327. The second-order valence-corrected chi connectivity index (χ2v) is 4.74. The van der Waals surface area contributed by atoms with Gasteiger partial charge in [0.05, 0.1) is 11.7 Å². The van der Waals surface area contributed by atoms with Crippen molar-refractivity contribution in [1.29, 1.82) is 0 Å². The van der Waals surface area contributed by atoms with Crippen molar-refractivity contribution in [3.8, 4) is 11.5 Å². The molecule has 1 fully saturated rings. The molecule has 2 aliphatic rings. The molecule has 2 N–H and O–H groups in total. The van der Waals surface area contributed by atoms with Crippen LogP contribution in [0.2, 0.25) is 0 Å². The second-order valence-electron chi connectivity index (χ2n) is 4.74. The van der Waals surface area contributed by atoms with Gasteiger partial charge in [0.2, 0.25) is 6.79 Å². The molecule has 0 aromatic heterocycles. The zero-order chi connectivity index (χ0) is 14.3. The van der Waals surface area contributed by atoms with Crippen LogP contribution in [0.3, 0.4) is 0 Å². The van der Waals surface area contributed by atoms with E-state index >= 15 is 0 Å². The molecule has 1 amide bonds. The van der Waals surface area contributed by atoms with Crippen LogP contribution in [0.25, 0.3) is 0 Å². The average molecular weight is 279 g/mol. The van der Waals surface area contributed by atoms with Crippen LogP contribution >= 0.6 is 0 Å². The Bertz CT molecular complexity index is 572. The Morgan fingerprint density at radius 1 is 1.30 bits per heavy atom. The minimum absolute atomic E-state index is 0.000322. The number of fused-ring (bicyclic) bond motifs is 1. The number of para-hydroxylation sites is 1. The number of aliphatic hydroxyl groups is 1. The Morgan fingerprint density at radius 2 is 2.10 bits per heavy atom. The number of benzene rings is 1. The standard InChI is InChI=1S/C13H13NO6/c15-7-4-9(13(17)18)14(5-7)12(16)8-2-1-3-10-11(8)20-6-19-10/h1-3,7,9,15H,4-6H2,(H,17,18). The fourth-order valence-electron chi connectivity index (χ4n) is 2.53. The molecule has 2 aliphatic heterocycles. The first-order chi connectivity index (χ1) is 9.58. The number of likely N-dealkylation sites (tertiary alicyclic amines) is 1. The van der Waals surface area contributed by atoms with Gasteiger partial charge in [-0.05, 0) is 12.1 Å². The van der Waals surface area contributed by atoms with Gasteiger partial charge < -0.3 is 24.6 Å². The van der Waals surface area contributed by atoms with Crippen molar-refractivity contribution in [2.75, 3.05) is 13.3 Å². The molecule has 7 nitrogen and oxygen atoms in total. The van der Waals surface area contributed by atoms with Crippen molar-refractivity contribution in [1.82, 2.24) is 4.90 Å². The van der Waals surface area contributed by atoms with Crippen LogP contribution in [0.15, 0.2) is 18.2 Å². The van der Waals surface area contributed by atoms with E-state index in [0.717, 1.165) is 4.90 Å². The normalized spacial score (nSPS) is 23.9. The SMILES string of the molecule is O=C(O)C1CC(O)CN1C(=O)c1cccc2c1OCO2. The highest BCUT2D eigenvalue weighted by Gasteiger charge is 2.40. The lowest BCUT2D eigenvalue weighted by molar-refractivity contribution is -0.141. The summed E-state index contributed by atoms with van der Waals surface area (Å²) < 4.78 is 10.4. The molecule has 0 radical (unpaired) electrons. The molecule has 3 rings (SSSR count). The number of hydrogen-bond donors (Lipinski definition) is 2. The van der Waals surface area contributed by atoms with Gasteiger partial charge in [-0.3, -0.25) is 4.79 Å². The maximum Gasteiger partial charge on any atom is 0.326 e. The predicted octanol–water partition coefficient (Wildman–Crippen LogP) is 0.0753. The summed E-state index contributed by atoms with van der Waals surface area (Å²) in [6, 6.07) is 3.85. The van der Waals surface area contributed by atoms with Crippen molar-refractivity contribution < 1.29 is 29.3 Å². The first kappa shape index (κ1) is 12.7. The smallest absolute Gasteiger partial charge is 0.326 e. The molecule has 0 bridgehead atoms. The van der Waals surface area contributed by atoms with Crippen LogP contribution in [-0.4, -0.2) is 52.5 Å². The molecule has 2 heterocycles. The highest BCUT2D eigenvalue weighted by Crippen LogP contribution is 2.36. The number of carboxylic acids is 1. The van der Waals surface area contributed by atoms with E-state index in [-0.39, 0.29) is 25.3 Å². The number of carbonyl (C=O) groups excluding carboxylic acids is 1. The third-order valence-corrected chi connectivity index (χ3v) is 3.45. The maximum absolute atomic E-state index is 12.5. The number of ether oxygens (including phenoxy) is 2. The molecular weight excluding hydrogens is 266 g/mol. The largest absolute Gasteiger partial charge is 0.480 e. The number of aliphatic carboxylic acids is 1. The predicted molar refractivity (Wildman–Crippen MR) is 65.6 cm³/mol. The molecule has 2 atom stereocenters. The quantitative estimate of drug-likeness (QED) is 0.795. The maximum atomic E-state index is 12.5. The summed E-state index contributed by atoms with van der Waals surface area (Å²) in [5.74, 6) is -0.818. The summed E-state index contributed by atoms with van der Waals surface area (Å²) in [5.41, 5.74) is 0.250. The molecule has 7 heteroatoms. The Hall–Kier alpha value is -2.28. The van der Waals surface area contributed by atoms with Gasteiger partial charge in [0.25, 0.3) is 5.91 Å². The number of rotatable bonds is 2. The van der Waals surface area contributed by atoms with Crippen LogP contribution < -0.4 is 9.47 Å². The lowest BCUT2D eigenvalue weighted by Crippen LogP contribution is -2.40. The van der Waals surface area contributed by atoms with Gasteiger partial charge in [-0.15, -0.1) is 0 Å². The van der Waals surface area contributed by atoms with Crippen molar-refractivity contribution in [2.45, 2.75) is 18.6 Å². The first-order valence-electron chi connectivity index (χ1n) is 6.18. The van der Waals surface area contributed by atoms with Gasteiger partial charge in [-0.25, -0.2) is 4.79 Å². The summed E-state index contributed by atoms with van der Waals surface area (Å²) in [4.78, 5) is 24.8. The summed E-state index contributed by atoms with van der Waals surface area (Å²) in [6.07, 6.45) is -0.790. The topological polar surface area (TPSA) is 96.3 Å². The third kappa shape index (κ3) is 1.96. The number of carbonyl (C=O) groups is 2. The molecule has 1 aromatic rings. The van der Waals surface area contributed by atoms with Crippen LogP contribution in [-0.2, 0) is 4.79 Å². The van der Waals surface area contributed by atoms with Crippen molar-refractivity contribution in [3.63, 3.8) is 0 Å². The summed E-state index contributed by atoms with van der Waals surface area (Å²) in [5, 5.41) is 18.7. The third-order valence-electron chi connectivity index (χ3n) is 3.45. The van der Waals surface area contributed by atoms with Gasteiger partial charge in [-0.2, -0.15) is 0 Å². The van der Waals surface area contributed by atoms with E-state index in [2.05, 4.69) is 0 Å². The van der Waals surface area contributed by atoms with Crippen molar-refractivity contribution in [2.24, 2.45) is 0 Å². The second kappa shape index (κ2) is 4.68. The monoisotopic (exact) mass is 279 g/mol. The zero-order valence-electron chi connectivity index (χ0n) is 10.5. The molecule has 2 unspecified atom stereocenters. The fraction of sp³-hybridized carbons (Fsp3) is 0.385. The molecule has 1 saturated heterocycles. The highest BCUT2D eigenvalue weighted by atomic mass is 16.7. The molecule has 106 valence electrons. The van der Waals surface area contributed by atoms with Gasteiger partial charge in [0, 0.05) is 13.0 Å². The van der Waals surface area contributed by atoms with Gasteiger partial charge in [0.1, 0.15) is 6.04 Å². The van der Waals surface area contributed by atoms with E-state index in [1.165, 1.54) is 0 Å². The number of aliphatic hydroxyl groups excluding tert-OH is 1. The van der Waals surface area contributed by atoms with E-state index in [1.807, 2.05) is 0 Å². The zero-order valence-corrected chi connectivity index (χ0v) is 10.5. The van der Waals surface area contributed by atoms with Crippen LogP contribution in [0.1, 0.15) is 16.8 Å². The Kier molecular flexibility index (Phi) is 2.98. The van der Waals surface area contributed by atoms with Crippen molar-refractivity contribution in [3.05, 3.63) is 23.8 Å².